The van der Waals surface area contributed by atoms with Gasteiger partial charge in [-0.05, 0) is 17.7 Å². The highest BCUT2D eigenvalue weighted by Gasteiger charge is 2.16. The van der Waals surface area contributed by atoms with Crippen molar-refractivity contribution < 1.29 is 24.9 Å². The molecule has 0 aliphatic carbocycles. The van der Waals surface area contributed by atoms with Crippen molar-refractivity contribution in [2.45, 2.75) is 13.0 Å². The van der Waals surface area contributed by atoms with Crippen LogP contribution in [0.15, 0.2) is 30.4 Å². The third kappa shape index (κ3) is 3.49. The number of phenolic OH excluding ortho intramolecular Hbond substituents is 1. The molecule has 0 saturated carbocycles. The SMILES string of the molecule is COc1ccc([C@H](O)[C@@H](C)/C=C/C(=O)O)cc1O. The highest BCUT2D eigenvalue weighted by molar-refractivity contribution is 5.79. The Kier molecular flexibility index (Phi) is 4.74. The number of carbonyl (C=O) groups is 1. The lowest BCUT2D eigenvalue weighted by molar-refractivity contribution is -0.131. The first kappa shape index (κ1) is 14.1. The van der Waals surface area contributed by atoms with Crippen LogP contribution in [0.2, 0.25) is 0 Å². The Bertz CT molecular complexity index is 453. The van der Waals surface area contributed by atoms with Crippen molar-refractivity contribution >= 4 is 5.97 Å². The van der Waals surface area contributed by atoms with Crippen LogP contribution in [-0.2, 0) is 4.79 Å². The van der Waals surface area contributed by atoms with Gasteiger partial charge in [-0.1, -0.05) is 19.1 Å². The number of carboxylic acids is 1. The minimum absolute atomic E-state index is 0.0662. The maximum absolute atomic E-state index is 10.4. The topological polar surface area (TPSA) is 87.0 Å². The number of hydrogen-bond acceptors (Lipinski definition) is 4. The van der Waals surface area contributed by atoms with Crippen molar-refractivity contribution in [2.75, 3.05) is 7.11 Å². The van der Waals surface area contributed by atoms with Gasteiger partial charge in [-0.3, -0.25) is 0 Å². The molecule has 1 aromatic rings. The van der Waals surface area contributed by atoms with Crippen LogP contribution < -0.4 is 4.74 Å². The number of methoxy groups -OCH3 is 1. The first-order chi connectivity index (χ1) is 8.45. The molecule has 3 N–H and O–H groups in total. The molecular formula is C13H16O5. The Morgan fingerprint density at radius 1 is 1.44 bits per heavy atom. The normalized spacial score (nSPS) is 14.4. The predicted octanol–water partition coefficient (Wildman–Crippen LogP) is 1.71. The molecule has 0 saturated heterocycles. The number of aliphatic carboxylic acids is 1. The van der Waals surface area contributed by atoms with Gasteiger partial charge in [-0.2, -0.15) is 0 Å². The molecular weight excluding hydrogens is 236 g/mol. The largest absolute Gasteiger partial charge is 0.504 e. The van der Waals surface area contributed by atoms with E-state index in [1.807, 2.05) is 0 Å². The van der Waals surface area contributed by atoms with Crippen LogP contribution >= 0.6 is 0 Å². The number of aromatic hydroxyl groups is 1. The number of phenols is 1. The smallest absolute Gasteiger partial charge is 0.327 e. The molecule has 0 unspecified atom stereocenters. The van der Waals surface area contributed by atoms with Crippen LogP contribution in [0.3, 0.4) is 0 Å². The van der Waals surface area contributed by atoms with Crippen molar-refractivity contribution in [3.05, 3.63) is 35.9 Å². The summed E-state index contributed by atoms with van der Waals surface area (Å²) in [5, 5.41) is 28.1. The summed E-state index contributed by atoms with van der Waals surface area (Å²) in [4.78, 5) is 10.4. The number of rotatable bonds is 5. The molecule has 1 aromatic carbocycles. The zero-order chi connectivity index (χ0) is 13.7. The van der Waals surface area contributed by atoms with E-state index in [4.69, 9.17) is 9.84 Å². The van der Waals surface area contributed by atoms with E-state index in [0.717, 1.165) is 6.08 Å². The summed E-state index contributed by atoms with van der Waals surface area (Å²) in [5.74, 6) is -1.19. The summed E-state index contributed by atoms with van der Waals surface area (Å²) in [6.45, 7) is 1.69. The maximum Gasteiger partial charge on any atom is 0.327 e. The number of aliphatic hydroxyl groups is 1. The third-order valence-corrected chi connectivity index (χ3v) is 2.58. The maximum atomic E-state index is 10.4. The molecule has 18 heavy (non-hydrogen) atoms. The van der Waals surface area contributed by atoms with Crippen molar-refractivity contribution in [1.82, 2.24) is 0 Å². The van der Waals surface area contributed by atoms with Crippen LogP contribution in [0.1, 0.15) is 18.6 Å². The first-order valence-corrected chi connectivity index (χ1v) is 5.41. The molecule has 98 valence electrons. The Morgan fingerprint density at radius 2 is 2.11 bits per heavy atom. The monoisotopic (exact) mass is 252 g/mol. The molecule has 5 nitrogen and oxygen atoms in total. The fourth-order valence-electron chi connectivity index (χ4n) is 1.53. The highest BCUT2D eigenvalue weighted by atomic mass is 16.5. The van der Waals surface area contributed by atoms with Gasteiger partial charge in [0.25, 0.3) is 0 Å². The van der Waals surface area contributed by atoms with Crippen molar-refractivity contribution in [3.63, 3.8) is 0 Å². The lowest BCUT2D eigenvalue weighted by Crippen LogP contribution is -2.07. The van der Waals surface area contributed by atoms with E-state index in [-0.39, 0.29) is 11.7 Å². The van der Waals surface area contributed by atoms with Crippen LogP contribution in [0, 0.1) is 5.92 Å². The van der Waals surface area contributed by atoms with Crippen LogP contribution in [0.25, 0.3) is 0 Å². The molecule has 0 amide bonds. The van der Waals surface area contributed by atoms with E-state index in [1.54, 1.807) is 19.1 Å². The van der Waals surface area contributed by atoms with E-state index in [1.165, 1.54) is 19.3 Å². The van der Waals surface area contributed by atoms with Gasteiger partial charge >= 0.3 is 5.97 Å². The van der Waals surface area contributed by atoms with Gasteiger partial charge in [0.1, 0.15) is 0 Å². The molecule has 0 aromatic heterocycles. The van der Waals surface area contributed by atoms with E-state index < -0.39 is 12.1 Å². The second-order valence-electron chi connectivity index (χ2n) is 3.93. The summed E-state index contributed by atoms with van der Waals surface area (Å²) in [7, 11) is 1.43. The highest BCUT2D eigenvalue weighted by Crippen LogP contribution is 2.31. The van der Waals surface area contributed by atoms with Gasteiger partial charge in [0.2, 0.25) is 0 Å². The fourth-order valence-corrected chi connectivity index (χ4v) is 1.53. The Balaban J connectivity index is 2.86. The molecule has 0 spiro atoms. The third-order valence-electron chi connectivity index (χ3n) is 2.58. The van der Waals surface area contributed by atoms with E-state index in [9.17, 15) is 15.0 Å². The van der Waals surface area contributed by atoms with Crippen LogP contribution in [0.5, 0.6) is 11.5 Å². The van der Waals surface area contributed by atoms with Gasteiger partial charge in [0, 0.05) is 12.0 Å². The Hall–Kier alpha value is -2.01. The number of ether oxygens (including phenoxy) is 1. The van der Waals surface area contributed by atoms with Gasteiger partial charge in [-0.15, -0.1) is 0 Å². The number of hydrogen-bond donors (Lipinski definition) is 3. The predicted molar refractivity (Wildman–Crippen MR) is 65.6 cm³/mol. The van der Waals surface area contributed by atoms with Crippen LogP contribution in [-0.4, -0.2) is 28.4 Å². The minimum atomic E-state index is -1.06. The molecule has 0 heterocycles. The molecule has 0 aliphatic rings. The average molecular weight is 252 g/mol. The molecule has 0 radical (unpaired) electrons. The summed E-state index contributed by atoms with van der Waals surface area (Å²) >= 11 is 0. The number of benzene rings is 1. The standard InChI is InChI=1S/C13H16O5/c1-8(3-6-12(15)16)13(17)9-4-5-11(18-2)10(14)7-9/h3-8,13-14,17H,1-2H3,(H,15,16)/b6-3+/t8-,13+/m0/s1. The second kappa shape index (κ2) is 6.07. The van der Waals surface area contributed by atoms with E-state index >= 15 is 0 Å². The second-order valence-corrected chi connectivity index (χ2v) is 3.93. The molecule has 0 bridgehead atoms. The van der Waals surface area contributed by atoms with E-state index in [0.29, 0.717) is 11.3 Å². The number of carboxylic acid groups (broad SMARTS) is 1. The molecule has 0 fully saturated rings. The Morgan fingerprint density at radius 3 is 2.61 bits per heavy atom. The molecule has 2 atom stereocenters. The van der Waals surface area contributed by atoms with Gasteiger partial charge in [0.15, 0.2) is 11.5 Å². The van der Waals surface area contributed by atoms with Gasteiger partial charge in [0.05, 0.1) is 13.2 Å². The quantitative estimate of drug-likeness (QED) is 0.694. The molecule has 5 heteroatoms. The Labute approximate surface area is 105 Å². The summed E-state index contributed by atoms with van der Waals surface area (Å²) in [5.41, 5.74) is 0.496. The van der Waals surface area contributed by atoms with Crippen molar-refractivity contribution in [2.24, 2.45) is 5.92 Å². The van der Waals surface area contributed by atoms with Gasteiger partial charge in [-0.25, -0.2) is 4.79 Å². The lowest BCUT2D eigenvalue weighted by atomic mass is 9.96. The fraction of sp³-hybridized carbons (Fsp3) is 0.308. The molecule has 0 aliphatic heterocycles. The summed E-state index contributed by atoms with van der Waals surface area (Å²) in [6, 6.07) is 4.56. The van der Waals surface area contributed by atoms with Gasteiger partial charge < -0.3 is 20.1 Å². The minimum Gasteiger partial charge on any atom is -0.504 e. The zero-order valence-electron chi connectivity index (χ0n) is 10.2. The summed E-state index contributed by atoms with van der Waals surface area (Å²) in [6.07, 6.45) is 1.49. The van der Waals surface area contributed by atoms with E-state index in [2.05, 4.69) is 0 Å². The van der Waals surface area contributed by atoms with Crippen molar-refractivity contribution in [1.29, 1.82) is 0 Å². The lowest BCUT2D eigenvalue weighted by Gasteiger charge is -2.16. The first-order valence-electron chi connectivity index (χ1n) is 5.41. The zero-order valence-corrected chi connectivity index (χ0v) is 10.2. The van der Waals surface area contributed by atoms with Crippen molar-refractivity contribution in [3.8, 4) is 11.5 Å². The van der Waals surface area contributed by atoms with Crippen LogP contribution in [0.4, 0.5) is 0 Å². The molecule has 1 rings (SSSR count). The average Bonchev–Trinajstić information content (AvgIpc) is 2.34. The summed E-state index contributed by atoms with van der Waals surface area (Å²) < 4.78 is 4.90. The number of aliphatic hydroxyl groups excluding tert-OH is 1.